The summed E-state index contributed by atoms with van der Waals surface area (Å²) in [5.74, 6) is 0.696. The first-order valence-corrected chi connectivity index (χ1v) is 7.55. The number of methoxy groups -OCH3 is 1. The van der Waals surface area contributed by atoms with Gasteiger partial charge in [0.2, 0.25) is 0 Å². The highest BCUT2D eigenvalue weighted by molar-refractivity contribution is 9.10. The van der Waals surface area contributed by atoms with Crippen molar-refractivity contribution in [1.29, 1.82) is 0 Å². The molecule has 2 rings (SSSR count). The van der Waals surface area contributed by atoms with E-state index in [9.17, 15) is 5.11 Å². The minimum absolute atomic E-state index is 0.681. The SMILES string of the molecule is CCCc1cccc(C(O)c2cc(Br)ccc2OC)c1. The van der Waals surface area contributed by atoms with Gasteiger partial charge in [0.1, 0.15) is 11.9 Å². The van der Waals surface area contributed by atoms with Crippen LogP contribution >= 0.6 is 15.9 Å². The number of hydrogen-bond donors (Lipinski definition) is 1. The third kappa shape index (κ3) is 3.41. The van der Waals surface area contributed by atoms with Crippen molar-refractivity contribution in [3.8, 4) is 5.75 Å². The zero-order chi connectivity index (χ0) is 14.5. The lowest BCUT2D eigenvalue weighted by atomic mass is 9.98. The Bertz CT molecular complexity index is 581. The number of rotatable bonds is 5. The first-order chi connectivity index (χ1) is 9.65. The van der Waals surface area contributed by atoms with Crippen molar-refractivity contribution in [2.24, 2.45) is 0 Å². The Hall–Kier alpha value is -1.32. The molecule has 1 atom stereocenters. The van der Waals surface area contributed by atoms with E-state index in [1.54, 1.807) is 7.11 Å². The van der Waals surface area contributed by atoms with Crippen molar-refractivity contribution in [3.05, 3.63) is 63.6 Å². The van der Waals surface area contributed by atoms with E-state index in [1.165, 1.54) is 5.56 Å². The van der Waals surface area contributed by atoms with E-state index in [4.69, 9.17) is 4.74 Å². The maximum atomic E-state index is 10.6. The van der Waals surface area contributed by atoms with E-state index < -0.39 is 6.10 Å². The lowest BCUT2D eigenvalue weighted by Crippen LogP contribution is -2.03. The third-order valence-electron chi connectivity index (χ3n) is 3.29. The highest BCUT2D eigenvalue weighted by Crippen LogP contribution is 2.32. The zero-order valence-electron chi connectivity index (χ0n) is 11.8. The predicted molar refractivity (Wildman–Crippen MR) is 85.2 cm³/mol. The Labute approximate surface area is 128 Å². The second-order valence-electron chi connectivity index (χ2n) is 4.78. The zero-order valence-corrected chi connectivity index (χ0v) is 13.4. The van der Waals surface area contributed by atoms with Gasteiger partial charge in [-0.3, -0.25) is 0 Å². The summed E-state index contributed by atoms with van der Waals surface area (Å²) in [4.78, 5) is 0. The Morgan fingerprint density at radius 2 is 2.00 bits per heavy atom. The summed E-state index contributed by atoms with van der Waals surface area (Å²) in [5, 5.41) is 10.6. The van der Waals surface area contributed by atoms with Gasteiger partial charge >= 0.3 is 0 Å². The van der Waals surface area contributed by atoms with Gasteiger partial charge in [-0.25, -0.2) is 0 Å². The van der Waals surface area contributed by atoms with Crippen LogP contribution in [0, 0.1) is 0 Å². The minimum atomic E-state index is -0.681. The van der Waals surface area contributed by atoms with Gasteiger partial charge in [0, 0.05) is 10.0 Å². The fourth-order valence-electron chi connectivity index (χ4n) is 2.31. The van der Waals surface area contributed by atoms with Gasteiger partial charge in [-0.05, 0) is 35.7 Å². The molecule has 0 aromatic heterocycles. The lowest BCUT2D eigenvalue weighted by molar-refractivity contribution is 0.214. The molecule has 0 radical (unpaired) electrons. The Kier molecular flexibility index (Phi) is 5.21. The summed E-state index contributed by atoms with van der Waals surface area (Å²) in [6.45, 7) is 2.15. The van der Waals surface area contributed by atoms with E-state index in [0.29, 0.717) is 5.75 Å². The molecule has 0 saturated heterocycles. The Morgan fingerprint density at radius 1 is 1.20 bits per heavy atom. The lowest BCUT2D eigenvalue weighted by Gasteiger charge is -2.16. The van der Waals surface area contributed by atoms with Crippen LogP contribution < -0.4 is 4.74 Å². The maximum absolute atomic E-state index is 10.6. The van der Waals surface area contributed by atoms with Crippen molar-refractivity contribution in [2.75, 3.05) is 7.11 Å². The molecule has 3 heteroatoms. The summed E-state index contributed by atoms with van der Waals surface area (Å²) in [7, 11) is 1.62. The van der Waals surface area contributed by atoms with Gasteiger partial charge < -0.3 is 9.84 Å². The second-order valence-corrected chi connectivity index (χ2v) is 5.70. The number of halogens is 1. The highest BCUT2D eigenvalue weighted by Gasteiger charge is 2.16. The van der Waals surface area contributed by atoms with E-state index in [0.717, 1.165) is 28.4 Å². The first-order valence-electron chi connectivity index (χ1n) is 6.76. The summed E-state index contributed by atoms with van der Waals surface area (Å²) in [5.41, 5.74) is 2.92. The van der Waals surface area contributed by atoms with Crippen LogP contribution in [0.3, 0.4) is 0 Å². The quantitative estimate of drug-likeness (QED) is 0.872. The molecule has 0 aliphatic heterocycles. The van der Waals surface area contributed by atoms with Crippen LogP contribution in [0.5, 0.6) is 5.75 Å². The van der Waals surface area contributed by atoms with Crippen LogP contribution in [0.15, 0.2) is 46.9 Å². The molecular weight excluding hydrogens is 316 g/mol. The number of aliphatic hydroxyl groups excluding tert-OH is 1. The molecule has 2 nitrogen and oxygen atoms in total. The van der Waals surface area contributed by atoms with Crippen molar-refractivity contribution >= 4 is 15.9 Å². The van der Waals surface area contributed by atoms with E-state index >= 15 is 0 Å². The first kappa shape index (κ1) is 15.1. The van der Waals surface area contributed by atoms with Gasteiger partial charge in [-0.1, -0.05) is 53.5 Å². The fraction of sp³-hybridized carbons (Fsp3) is 0.294. The van der Waals surface area contributed by atoms with Crippen molar-refractivity contribution in [3.63, 3.8) is 0 Å². The molecule has 0 aliphatic carbocycles. The van der Waals surface area contributed by atoms with Crippen molar-refractivity contribution in [1.82, 2.24) is 0 Å². The normalized spacial score (nSPS) is 12.2. The monoisotopic (exact) mass is 334 g/mol. The third-order valence-corrected chi connectivity index (χ3v) is 3.79. The highest BCUT2D eigenvalue weighted by atomic mass is 79.9. The number of aliphatic hydroxyl groups is 1. The number of ether oxygens (including phenoxy) is 1. The average Bonchev–Trinajstić information content (AvgIpc) is 2.47. The molecule has 0 aliphatic rings. The summed E-state index contributed by atoms with van der Waals surface area (Å²) in [6, 6.07) is 13.8. The molecule has 0 spiro atoms. The molecular formula is C17H19BrO2. The molecule has 0 heterocycles. The number of benzene rings is 2. The molecule has 2 aromatic carbocycles. The van der Waals surface area contributed by atoms with Gasteiger partial charge in [0.05, 0.1) is 7.11 Å². The van der Waals surface area contributed by atoms with Crippen LogP contribution in [-0.2, 0) is 6.42 Å². The molecule has 106 valence electrons. The van der Waals surface area contributed by atoms with E-state index in [2.05, 4.69) is 35.0 Å². The van der Waals surface area contributed by atoms with Crippen LogP contribution in [0.4, 0.5) is 0 Å². The van der Waals surface area contributed by atoms with Crippen LogP contribution in [0.1, 0.15) is 36.1 Å². The van der Waals surface area contributed by atoms with Crippen LogP contribution in [-0.4, -0.2) is 12.2 Å². The van der Waals surface area contributed by atoms with E-state index in [-0.39, 0.29) is 0 Å². The molecule has 1 N–H and O–H groups in total. The van der Waals surface area contributed by atoms with Crippen LogP contribution in [0.25, 0.3) is 0 Å². The Balaban J connectivity index is 2.37. The molecule has 0 bridgehead atoms. The largest absolute Gasteiger partial charge is 0.496 e. The topological polar surface area (TPSA) is 29.5 Å². The summed E-state index contributed by atoms with van der Waals surface area (Å²) in [6.07, 6.45) is 1.44. The predicted octanol–water partition coefficient (Wildman–Crippen LogP) is 4.49. The maximum Gasteiger partial charge on any atom is 0.125 e. The number of hydrogen-bond acceptors (Lipinski definition) is 2. The number of aryl methyl sites for hydroxylation is 1. The molecule has 0 fully saturated rings. The van der Waals surface area contributed by atoms with E-state index in [1.807, 2.05) is 30.3 Å². The van der Waals surface area contributed by atoms with Gasteiger partial charge in [0.15, 0.2) is 0 Å². The van der Waals surface area contributed by atoms with Crippen LogP contribution in [0.2, 0.25) is 0 Å². The molecule has 0 saturated carbocycles. The van der Waals surface area contributed by atoms with Gasteiger partial charge in [0.25, 0.3) is 0 Å². The summed E-state index contributed by atoms with van der Waals surface area (Å²) < 4.78 is 6.27. The molecule has 1 unspecified atom stereocenters. The standard InChI is InChI=1S/C17H19BrO2/c1-3-5-12-6-4-7-13(10-12)17(19)15-11-14(18)8-9-16(15)20-2/h4,6-11,17,19H,3,5H2,1-2H3. The second kappa shape index (κ2) is 6.91. The smallest absolute Gasteiger partial charge is 0.125 e. The molecule has 2 aromatic rings. The van der Waals surface area contributed by atoms with Gasteiger partial charge in [-0.2, -0.15) is 0 Å². The molecule has 20 heavy (non-hydrogen) atoms. The minimum Gasteiger partial charge on any atom is -0.496 e. The summed E-state index contributed by atoms with van der Waals surface area (Å²) >= 11 is 3.44. The van der Waals surface area contributed by atoms with Crippen molar-refractivity contribution in [2.45, 2.75) is 25.9 Å². The Morgan fingerprint density at radius 3 is 2.70 bits per heavy atom. The van der Waals surface area contributed by atoms with Crippen molar-refractivity contribution < 1.29 is 9.84 Å². The van der Waals surface area contributed by atoms with Gasteiger partial charge in [-0.15, -0.1) is 0 Å². The molecule has 0 amide bonds. The fourth-order valence-corrected chi connectivity index (χ4v) is 2.68. The average molecular weight is 335 g/mol.